The van der Waals surface area contributed by atoms with Crippen LogP contribution in [0.1, 0.15) is 45.6 Å². The number of hydrogen-bond acceptors (Lipinski definition) is 9. The van der Waals surface area contributed by atoms with Gasteiger partial charge in [0.25, 0.3) is 0 Å². The summed E-state index contributed by atoms with van der Waals surface area (Å²) in [5, 5.41) is 16.6. The normalized spacial score (nSPS) is 24.4. The van der Waals surface area contributed by atoms with Gasteiger partial charge in [-0.2, -0.15) is 0 Å². The van der Waals surface area contributed by atoms with Crippen molar-refractivity contribution in [1.29, 1.82) is 0 Å². The minimum Gasteiger partial charge on any atom is -0.497 e. The van der Waals surface area contributed by atoms with E-state index < -0.39 is 59.1 Å². The molecule has 1 saturated heterocycles. The fourth-order valence-electron chi connectivity index (χ4n) is 7.35. The summed E-state index contributed by atoms with van der Waals surface area (Å²) in [6, 6.07) is 22.2. The summed E-state index contributed by atoms with van der Waals surface area (Å²) in [4.78, 5) is 61.1. The number of carboxylic acid groups (broad SMARTS) is 1. The summed E-state index contributed by atoms with van der Waals surface area (Å²) >= 11 is 0. The molecule has 2 fully saturated rings. The molecule has 2 aliphatic heterocycles. The van der Waals surface area contributed by atoms with E-state index in [1.807, 2.05) is 72.8 Å². The molecule has 13 nitrogen and oxygen atoms in total. The maximum atomic E-state index is 14.7. The van der Waals surface area contributed by atoms with Crippen LogP contribution in [0.15, 0.2) is 91.0 Å². The third-order valence-electron chi connectivity index (χ3n) is 10.3. The molecule has 3 aromatic carbocycles. The molecule has 13 heteroatoms. The van der Waals surface area contributed by atoms with Crippen LogP contribution in [0.4, 0.5) is 4.79 Å². The second kappa shape index (κ2) is 15.6. The Morgan fingerprint density at radius 1 is 1.04 bits per heavy atom. The lowest BCUT2D eigenvalue weighted by molar-refractivity contribution is -0.145. The van der Waals surface area contributed by atoms with Gasteiger partial charge in [0.05, 0.1) is 24.9 Å². The quantitative estimate of drug-likeness (QED) is 0.208. The molecule has 0 radical (unpaired) electrons. The van der Waals surface area contributed by atoms with Crippen molar-refractivity contribution in [2.75, 3.05) is 20.3 Å². The number of benzene rings is 3. The third kappa shape index (κ3) is 8.41. The number of methoxy groups -OCH3 is 1. The first-order valence-electron chi connectivity index (χ1n) is 18.8. The maximum Gasteiger partial charge on any atom is 0.408 e. The molecule has 2 bridgehead atoms. The van der Waals surface area contributed by atoms with Gasteiger partial charge in [0.2, 0.25) is 11.8 Å². The zero-order chi connectivity index (χ0) is 39.6. The summed E-state index contributed by atoms with van der Waals surface area (Å²) in [6.07, 6.45) is 2.83. The van der Waals surface area contributed by atoms with E-state index in [1.54, 1.807) is 46.1 Å². The Morgan fingerprint density at radius 2 is 1.84 bits per heavy atom. The second-order valence-corrected chi connectivity index (χ2v) is 15.4. The molecule has 3 amide bonds. The lowest BCUT2D eigenvalue weighted by Gasteiger charge is -2.30. The molecule has 1 unspecified atom stereocenters. The smallest absolute Gasteiger partial charge is 0.408 e. The van der Waals surface area contributed by atoms with Gasteiger partial charge < -0.3 is 39.6 Å². The first kappa shape index (κ1) is 38.2. The van der Waals surface area contributed by atoms with Gasteiger partial charge in [0.1, 0.15) is 53.2 Å². The van der Waals surface area contributed by atoms with Gasteiger partial charge in [-0.15, -0.1) is 0 Å². The fourth-order valence-corrected chi connectivity index (χ4v) is 7.35. The van der Waals surface area contributed by atoms with E-state index in [1.165, 1.54) is 4.90 Å². The highest BCUT2D eigenvalue weighted by atomic mass is 16.6. The van der Waals surface area contributed by atoms with Gasteiger partial charge in [-0.05, 0) is 69.9 Å². The van der Waals surface area contributed by atoms with E-state index in [2.05, 4.69) is 10.6 Å². The average Bonchev–Trinajstić information content (AvgIpc) is 3.71. The van der Waals surface area contributed by atoms with Crippen molar-refractivity contribution in [2.45, 2.75) is 75.8 Å². The molecular formula is C43H46N4O9. The molecule has 1 aliphatic carbocycles. The lowest BCUT2D eigenvalue weighted by atomic mass is 10.0. The topological polar surface area (TPSA) is 166 Å². The Morgan fingerprint density at radius 3 is 2.59 bits per heavy atom. The van der Waals surface area contributed by atoms with Crippen LogP contribution in [0.2, 0.25) is 0 Å². The van der Waals surface area contributed by atoms with E-state index in [0.29, 0.717) is 40.3 Å². The average molecular weight is 763 g/mol. The van der Waals surface area contributed by atoms with Gasteiger partial charge in [-0.3, -0.25) is 9.59 Å². The Balaban J connectivity index is 1.25. The van der Waals surface area contributed by atoms with Crippen LogP contribution < -0.4 is 24.8 Å². The van der Waals surface area contributed by atoms with Crippen molar-refractivity contribution in [1.82, 2.24) is 20.5 Å². The number of aryl methyl sites for hydroxylation is 1. The summed E-state index contributed by atoms with van der Waals surface area (Å²) in [7, 11) is 1.58. The van der Waals surface area contributed by atoms with Crippen LogP contribution in [0, 0.1) is 5.92 Å². The minimum atomic E-state index is -1.55. The van der Waals surface area contributed by atoms with Crippen LogP contribution in [-0.2, 0) is 25.5 Å². The maximum absolute atomic E-state index is 14.7. The monoisotopic (exact) mass is 762 g/mol. The number of carbonyl (C=O) groups excluding carboxylic acids is 3. The number of carbonyl (C=O) groups is 4. The molecule has 0 spiro atoms. The molecule has 4 aromatic rings. The largest absolute Gasteiger partial charge is 0.497 e. The van der Waals surface area contributed by atoms with Crippen molar-refractivity contribution >= 4 is 34.8 Å². The number of alkyl carbamates (subject to hydrolysis) is 1. The number of ether oxygens (including phenoxy) is 4. The van der Waals surface area contributed by atoms with Crippen molar-refractivity contribution in [3.63, 3.8) is 0 Å². The Hall–Kier alpha value is -6.11. The number of fused-ring (bicyclic) bond motifs is 5. The molecular weight excluding hydrogens is 716 g/mol. The second-order valence-electron chi connectivity index (χ2n) is 15.4. The minimum absolute atomic E-state index is 0.0171. The molecule has 3 heterocycles. The molecule has 1 saturated carbocycles. The molecule has 5 atom stereocenters. The zero-order valence-electron chi connectivity index (χ0n) is 31.8. The Labute approximate surface area is 325 Å². The van der Waals surface area contributed by atoms with Crippen molar-refractivity contribution in [2.24, 2.45) is 5.92 Å². The van der Waals surface area contributed by atoms with E-state index in [4.69, 9.17) is 23.9 Å². The Bertz CT molecular complexity index is 2170. The number of aromatic nitrogens is 1. The third-order valence-corrected chi connectivity index (χ3v) is 10.3. The number of rotatable bonds is 6. The van der Waals surface area contributed by atoms with Crippen LogP contribution in [0.5, 0.6) is 17.2 Å². The summed E-state index contributed by atoms with van der Waals surface area (Å²) < 4.78 is 23.6. The molecule has 3 aliphatic rings. The first-order chi connectivity index (χ1) is 26.8. The predicted octanol–water partition coefficient (Wildman–Crippen LogP) is 5.69. The highest BCUT2D eigenvalue weighted by Crippen LogP contribution is 2.45. The number of aliphatic carboxylic acids is 1. The summed E-state index contributed by atoms with van der Waals surface area (Å²) in [5.41, 5.74) is 0.638. The molecule has 1 aromatic heterocycles. The van der Waals surface area contributed by atoms with E-state index in [9.17, 15) is 24.3 Å². The number of nitrogens with zero attached hydrogens (tertiary/aromatic N) is 2. The number of amides is 3. The van der Waals surface area contributed by atoms with Crippen molar-refractivity contribution < 1.29 is 43.2 Å². The predicted molar refractivity (Wildman–Crippen MR) is 207 cm³/mol. The zero-order valence-corrected chi connectivity index (χ0v) is 31.8. The van der Waals surface area contributed by atoms with Crippen LogP contribution in [0.25, 0.3) is 22.2 Å². The van der Waals surface area contributed by atoms with Crippen LogP contribution >= 0.6 is 0 Å². The van der Waals surface area contributed by atoms with Gasteiger partial charge in [0.15, 0.2) is 0 Å². The summed E-state index contributed by atoms with van der Waals surface area (Å²) in [5.74, 6) is -1.10. The molecule has 7 rings (SSSR count). The van der Waals surface area contributed by atoms with E-state index in [0.717, 1.165) is 11.1 Å². The first-order valence-corrected chi connectivity index (χ1v) is 18.8. The lowest BCUT2D eigenvalue weighted by Crippen LogP contribution is -2.56. The summed E-state index contributed by atoms with van der Waals surface area (Å²) in [6.45, 7) is 5.36. The number of pyridine rings is 1. The SMILES string of the molecule is COc1ccc2c(O[C@@H]3C[C@H]4C(=O)N[C@@]5(C(=O)O)CC5/C=C\COc5cccc(c5)CC[C@H](NC(=O)OC(C)(C)C)C(=O)N4C3)cc(-c3ccccc3)nc2c1. The van der Waals surface area contributed by atoms with Gasteiger partial charge >= 0.3 is 12.1 Å². The van der Waals surface area contributed by atoms with Gasteiger partial charge in [-0.1, -0.05) is 54.6 Å². The molecule has 292 valence electrons. The number of nitrogens with one attached hydrogen (secondary N) is 2. The Kier molecular flexibility index (Phi) is 10.6. The van der Waals surface area contributed by atoms with Crippen LogP contribution in [0.3, 0.4) is 0 Å². The standard InChI is InChI=1S/C43H46N4O9/c1-42(2,3)56-41(52)45-33-18-15-26-10-8-14-30(20-26)54-19-9-13-28-24-43(28,40(50)51)46-38(48)36-22-31(25-47(36)39(33)49)55-37-23-34(27-11-6-5-7-12-27)44-35-21-29(53-4)16-17-32(35)37/h5-14,16-17,20-21,23,28,31,33,36H,15,18-19,22,24-25H2,1-4H3,(H,45,52)(H,46,48)(H,50,51)/b13-9-/t28?,31-,33+,36+,43+/m1/s1. The number of hydrogen-bond donors (Lipinski definition) is 3. The van der Waals surface area contributed by atoms with Gasteiger partial charge in [0, 0.05) is 35.4 Å². The van der Waals surface area contributed by atoms with E-state index >= 15 is 0 Å². The van der Waals surface area contributed by atoms with Crippen LogP contribution in [-0.4, -0.2) is 88.5 Å². The van der Waals surface area contributed by atoms with Gasteiger partial charge in [-0.25, -0.2) is 14.6 Å². The van der Waals surface area contributed by atoms with Crippen molar-refractivity contribution in [3.05, 3.63) is 96.6 Å². The van der Waals surface area contributed by atoms with Crippen molar-refractivity contribution in [3.8, 4) is 28.5 Å². The van der Waals surface area contributed by atoms with E-state index in [-0.39, 0.29) is 32.4 Å². The highest BCUT2D eigenvalue weighted by molar-refractivity contribution is 5.96. The highest BCUT2D eigenvalue weighted by Gasteiger charge is 2.61. The molecule has 56 heavy (non-hydrogen) atoms. The number of carboxylic acids is 1. The fraction of sp³-hybridized carbons (Fsp3) is 0.372. The molecule has 3 N–H and O–H groups in total.